The van der Waals surface area contributed by atoms with E-state index in [1.54, 1.807) is 23.4 Å². The minimum absolute atomic E-state index is 0.0141. The first kappa shape index (κ1) is 32.3. The van der Waals surface area contributed by atoms with Crippen LogP contribution in [0.5, 0.6) is 0 Å². The molecule has 1 aromatic rings. The second-order valence-electron chi connectivity index (χ2n) is 9.35. The van der Waals surface area contributed by atoms with Crippen LogP contribution < -0.4 is 10.6 Å². The summed E-state index contributed by atoms with van der Waals surface area (Å²) < 4.78 is 5.23. The molecule has 3 amide bonds. The van der Waals surface area contributed by atoms with Crippen molar-refractivity contribution in [2.45, 2.75) is 58.3 Å². The lowest BCUT2D eigenvalue weighted by atomic mass is 9.97. The number of nitrogens with zero attached hydrogens (tertiary/aromatic N) is 2. The molecule has 214 valence electrons. The van der Waals surface area contributed by atoms with Gasteiger partial charge in [-0.05, 0) is 43.3 Å². The first-order chi connectivity index (χ1) is 19.2. The van der Waals surface area contributed by atoms with E-state index in [0.717, 1.165) is 41.8 Å². The number of terminal acetylenes is 1. The second kappa shape index (κ2) is 16.9. The number of piperidine rings is 1. The Morgan fingerprint density at radius 1 is 1.27 bits per heavy atom. The Balaban J connectivity index is 2.10. The molecule has 0 bridgehead atoms. The number of carbonyl (C=O) groups is 3. The van der Waals surface area contributed by atoms with Gasteiger partial charge >= 0.3 is 0 Å². The van der Waals surface area contributed by atoms with Crippen LogP contribution in [0.4, 0.5) is 0 Å². The fourth-order valence-electron chi connectivity index (χ4n) is 3.99. The molecule has 9 heteroatoms. The molecular weight excluding hydrogens is 524 g/mol. The number of likely N-dealkylation sites (tertiary alicyclic amines) is 1. The van der Waals surface area contributed by atoms with Crippen LogP contribution in [-0.2, 0) is 14.3 Å². The third-order valence-corrected chi connectivity index (χ3v) is 7.57. The van der Waals surface area contributed by atoms with Crippen molar-refractivity contribution in [1.82, 2.24) is 20.5 Å². The topological polar surface area (TPSA) is 101 Å². The van der Waals surface area contributed by atoms with Crippen molar-refractivity contribution in [1.29, 1.82) is 0 Å². The standard InChI is InChI=1S/C31H40N4O4S/c1-7-9-10-11-12-13-22(3)23(4)26(20-25(8-2)39-6)33-30(38)27-21-40-31(34-27)24-16-18-35(19-17-24)29(37)15-14-28(36)32-5/h2,10-13,20-21,24H,3,7,9,14-19H2,1,4-6H3,(H,32,36)(H,33,38)/b11-10-,13-12-,25-20+,26-23-. The van der Waals surface area contributed by atoms with Crippen molar-refractivity contribution in [3.8, 4) is 12.3 Å². The van der Waals surface area contributed by atoms with Crippen LogP contribution in [0.3, 0.4) is 0 Å². The fourth-order valence-corrected chi connectivity index (χ4v) is 4.96. The Morgan fingerprint density at radius 2 is 2.00 bits per heavy atom. The third kappa shape index (κ3) is 10.0. The lowest BCUT2D eigenvalue weighted by Gasteiger charge is -2.31. The quantitative estimate of drug-likeness (QED) is 0.199. The summed E-state index contributed by atoms with van der Waals surface area (Å²) in [6.07, 6.45) is 19.0. The first-order valence-electron chi connectivity index (χ1n) is 13.4. The van der Waals surface area contributed by atoms with E-state index in [-0.39, 0.29) is 42.2 Å². The molecular formula is C31H40N4O4S. The highest BCUT2D eigenvalue weighted by Gasteiger charge is 2.26. The van der Waals surface area contributed by atoms with Gasteiger partial charge in [-0.3, -0.25) is 14.4 Å². The van der Waals surface area contributed by atoms with E-state index in [1.165, 1.54) is 18.4 Å². The minimum atomic E-state index is -0.359. The molecule has 0 atom stereocenters. The molecule has 1 aliphatic rings. The summed E-state index contributed by atoms with van der Waals surface area (Å²) in [5, 5.41) is 8.07. The van der Waals surface area contributed by atoms with E-state index in [0.29, 0.717) is 24.5 Å². The SMILES string of the molecule is C#C/C(=C\C(NC(=O)c1csc(C2CCN(C(=O)CCC(=O)NC)CC2)n1)=C(/C)C(=C)/C=C\C=C/CCC)OC. The van der Waals surface area contributed by atoms with E-state index >= 15 is 0 Å². The largest absolute Gasteiger partial charge is 0.489 e. The van der Waals surface area contributed by atoms with Crippen molar-refractivity contribution in [2.75, 3.05) is 27.2 Å². The molecule has 0 unspecified atom stereocenters. The Morgan fingerprint density at radius 3 is 2.62 bits per heavy atom. The molecule has 1 aliphatic heterocycles. The van der Waals surface area contributed by atoms with Gasteiger partial charge in [-0.25, -0.2) is 4.98 Å². The molecule has 2 heterocycles. The van der Waals surface area contributed by atoms with Crippen molar-refractivity contribution in [3.05, 3.63) is 75.6 Å². The molecule has 1 fully saturated rings. The molecule has 1 aromatic heterocycles. The van der Waals surface area contributed by atoms with Gasteiger partial charge in [-0.1, -0.05) is 44.2 Å². The molecule has 8 nitrogen and oxygen atoms in total. The number of thiazole rings is 1. The Labute approximate surface area is 242 Å². The van der Waals surface area contributed by atoms with Crippen molar-refractivity contribution in [2.24, 2.45) is 0 Å². The number of carbonyl (C=O) groups excluding carboxylic acids is 3. The zero-order valence-electron chi connectivity index (χ0n) is 23.9. The summed E-state index contributed by atoms with van der Waals surface area (Å²) in [6, 6.07) is 0. The number of aromatic nitrogens is 1. The molecule has 2 N–H and O–H groups in total. The average molecular weight is 565 g/mol. The summed E-state index contributed by atoms with van der Waals surface area (Å²) >= 11 is 1.44. The van der Waals surface area contributed by atoms with E-state index in [2.05, 4.69) is 41.1 Å². The Bertz CT molecular complexity index is 1220. The molecule has 1 saturated heterocycles. The lowest BCUT2D eigenvalue weighted by molar-refractivity contribution is -0.134. The third-order valence-electron chi connectivity index (χ3n) is 6.57. The highest BCUT2D eigenvalue weighted by Crippen LogP contribution is 2.30. The fraction of sp³-hybridized carbons (Fsp3) is 0.419. The molecule has 2 rings (SSSR count). The van der Waals surface area contributed by atoms with Crippen molar-refractivity contribution >= 4 is 29.1 Å². The number of hydrogen-bond donors (Lipinski definition) is 2. The van der Waals surface area contributed by atoms with Crippen LogP contribution in [0.2, 0.25) is 0 Å². The van der Waals surface area contributed by atoms with E-state index in [4.69, 9.17) is 11.2 Å². The molecule has 0 radical (unpaired) electrons. The van der Waals surface area contributed by atoms with E-state index < -0.39 is 0 Å². The van der Waals surface area contributed by atoms with Gasteiger partial charge in [0.05, 0.1) is 12.1 Å². The second-order valence-corrected chi connectivity index (χ2v) is 10.2. The van der Waals surface area contributed by atoms with Gasteiger partial charge in [0.15, 0.2) is 5.76 Å². The number of unbranched alkanes of at least 4 members (excludes halogenated alkanes) is 1. The summed E-state index contributed by atoms with van der Waals surface area (Å²) in [6.45, 7) is 9.31. The highest BCUT2D eigenvalue weighted by molar-refractivity contribution is 7.09. The predicted octanol–water partition coefficient (Wildman–Crippen LogP) is 5.01. The molecule has 0 saturated carbocycles. The van der Waals surface area contributed by atoms with Crippen LogP contribution in [0, 0.1) is 12.3 Å². The Kier molecular flexibility index (Phi) is 13.7. The zero-order chi connectivity index (χ0) is 29.5. The average Bonchev–Trinajstić information content (AvgIpc) is 3.48. The monoisotopic (exact) mass is 564 g/mol. The van der Waals surface area contributed by atoms with E-state index in [1.807, 2.05) is 25.2 Å². The van der Waals surface area contributed by atoms with Gasteiger partial charge in [0.2, 0.25) is 11.8 Å². The molecule has 0 aromatic carbocycles. The molecule has 40 heavy (non-hydrogen) atoms. The molecule has 0 spiro atoms. The highest BCUT2D eigenvalue weighted by atomic mass is 32.1. The van der Waals surface area contributed by atoms with Crippen LogP contribution >= 0.6 is 11.3 Å². The number of nitrogens with one attached hydrogen (secondary N) is 2. The number of rotatable bonds is 13. The minimum Gasteiger partial charge on any atom is -0.489 e. The predicted molar refractivity (Wildman–Crippen MR) is 160 cm³/mol. The van der Waals surface area contributed by atoms with Gasteiger partial charge in [0, 0.05) is 56.0 Å². The zero-order valence-corrected chi connectivity index (χ0v) is 24.7. The van der Waals surface area contributed by atoms with Crippen LogP contribution in [-0.4, -0.2) is 54.9 Å². The summed E-state index contributed by atoms with van der Waals surface area (Å²) in [4.78, 5) is 43.5. The smallest absolute Gasteiger partial charge is 0.275 e. The van der Waals surface area contributed by atoms with E-state index in [9.17, 15) is 14.4 Å². The van der Waals surface area contributed by atoms with Gasteiger partial charge in [0.25, 0.3) is 5.91 Å². The number of hydrogen-bond acceptors (Lipinski definition) is 6. The van der Waals surface area contributed by atoms with Crippen LogP contribution in [0.15, 0.2) is 64.9 Å². The number of methoxy groups -OCH3 is 1. The summed E-state index contributed by atoms with van der Waals surface area (Å²) in [5.74, 6) is 2.38. The summed E-state index contributed by atoms with van der Waals surface area (Å²) in [7, 11) is 3.04. The maximum absolute atomic E-state index is 13.2. The Hall–Kier alpha value is -3.90. The van der Waals surface area contributed by atoms with Gasteiger partial charge < -0.3 is 20.3 Å². The normalized spacial score (nSPS) is 15.1. The maximum atomic E-state index is 13.2. The first-order valence-corrected chi connectivity index (χ1v) is 14.3. The molecule has 0 aliphatic carbocycles. The van der Waals surface area contributed by atoms with Gasteiger partial charge in [-0.15, -0.1) is 17.8 Å². The number of ether oxygens (including phenoxy) is 1. The van der Waals surface area contributed by atoms with Gasteiger partial charge in [0.1, 0.15) is 5.69 Å². The summed E-state index contributed by atoms with van der Waals surface area (Å²) in [5.41, 5.74) is 2.24. The van der Waals surface area contributed by atoms with Gasteiger partial charge in [-0.2, -0.15) is 0 Å². The maximum Gasteiger partial charge on any atom is 0.275 e. The van der Waals surface area contributed by atoms with Crippen LogP contribution in [0.1, 0.15) is 73.8 Å². The number of amides is 3. The van der Waals surface area contributed by atoms with Crippen molar-refractivity contribution < 1.29 is 19.1 Å². The van der Waals surface area contributed by atoms with Crippen molar-refractivity contribution in [3.63, 3.8) is 0 Å². The lowest BCUT2D eigenvalue weighted by Crippen LogP contribution is -2.38. The van der Waals surface area contributed by atoms with Crippen LogP contribution in [0.25, 0.3) is 0 Å². The number of allylic oxidation sites excluding steroid dienone is 8.